The Bertz CT molecular complexity index is 624. The first-order chi connectivity index (χ1) is 11.3. The SMILES string of the molecule is CCC(C)Oc1ccc(C(C)(C)c2ccc(OC(C)C)cc2)cc1. The van der Waals surface area contributed by atoms with E-state index in [-0.39, 0.29) is 17.6 Å². The highest BCUT2D eigenvalue weighted by molar-refractivity contribution is 5.41. The number of benzene rings is 2. The third-order valence-corrected chi connectivity index (χ3v) is 4.44. The van der Waals surface area contributed by atoms with Crippen molar-refractivity contribution in [2.75, 3.05) is 0 Å². The van der Waals surface area contributed by atoms with Crippen molar-refractivity contribution in [3.05, 3.63) is 59.7 Å². The van der Waals surface area contributed by atoms with E-state index in [1.165, 1.54) is 11.1 Å². The minimum absolute atomic E-state index is 0.0642. The summed E-state index contributed by atoms with van der Waals surface area (Å²) >= 11 is 0. The Morgan fingerprint density at radius 3 is 1.54 bits per heavy atom. The summed E-state index contributed by atoms with van der Waals surface area (Å²) in [4.78, 5) is 0. The molecule has 0 fully saturated rings. The van der Waals surface area contributed by atoms with Crippen LogP contribution in [0.1, 0.15) is 59.1 Å². The lowest BCUT2D eigenvalue weighted by Gasteiger charge is -2.27. The van der Waals surface area contributed by atoms with Gasteiger partial charge in [-0.25, -0.2) is 0 Å². The second kappa shape index (κ2) is 7.74. The summed E-state index contributed by atoms with van der Waals surface area (Å²) in [5.74, 6) is 1.85. The van der Waals surface area contributed by atoms with Crippen molar-refractivity contribution < 1.29 is 9.47 Å². The van der Waals surface area contributed by atoms with Crippen molar-refractivity contribution in [3.8, 4) is 11.5 Å². The van der Waals surface area contributed by atoms with Gasteiger partial charge in [0.05, 0.1) is 12.2 Å². The fourth-order valence-corrected chi connectivity index (χ4v) is 2.65. The van der Waals surface area contributed by atoms with Gasteiger partial charge in [-0.1, -0.05) is 45.0 Å². The van der Waals surface area contributed by atoms with Crippen LogP contribution < -0.4 is 9.47 Å². The standard InChI is InChI=1S/C22H30O2/c1-7-17(4)24-21-14-10-19(11-15-21)22(5,6)18-8-12-20(13-9-18)23-16(2)3/h8-17H,7H2,1-6H3. The maximum Gasteiger partial charge on any atom is 0.119 e. The first-order valence-corrected chi connectivity index (χ1v) is 8.87. The lowest BCUT2D eigenvalue weighted by Crippen LogP contribution is -2.19. The number of rotatable bonds is 7. The summed E-state index contributed by atoms with van der Waals surface area (Å²) < 4.78 is 11.6. The molecule has 0 amide bonds. The topological polar surface area (TPSA) is 18.5 Å². The third-order valence-electron chi connectivity index (χ3n) is 4.44. The largest absolute Gasteiger partial charge is 0.491 e. The molecule has 2 nitrogen and oxygen atoms in total. The van der Waals surface area contributed by atoms with Gasteiger partial charge in [0, 0.05) is 5.41 Å². The van der Waals surface area contributed by atoms with Crippen molar-refractivity contribution in [1.82, 2.24) is 0 Å². The van der Waals surface area contributed by atoms with E-state index in [2.05, 4.69) is 76.2 Å². The van der Waals surface area contributed by atoms with Gasteiger partial charge in [-0.05, 0) is 62.6 Å². The Labute approximate surface area is 146 Å². The molecule has 1 unspecified atom stereocenters. The molecule has 0 heterocycles. The highest BCUT2D eigenvalue weighted by atomic mass is 16.5. The second-order valence-corrected chi connectivity index (χ2v) is 7.18. The van der Waals surface area contributed by atoms with Crippen LogP contribution in [0.15, 0.2) is 48.5 Å². The van der Waals surface area contributed by atoms with Gasteiger partial charge >= 0.3 is 0 Å². The van der Waals surface area contributed by atoms with Gasteiger partial charge in [0.1, 0.15) is 11.5 Å². The Morgan fingerprint density at radius 2 is 1.17 bits per heavy atom. The van der Waals surface area contributed by atoms with E-state index in [0.29, 0.717) is 0 Å². The van der Waals surface area contributed by atoms with Crippen LogP contribution in [0.25, 0.3) is 0 Å². The molecule has 1 atom stereocenters. The van der Waals surface area contributed by atoms with E-state index >= 15 is 0 Å². The average molecular weight is 326 g/mol. The minimum Gasteiger partial charge on any atom is -0.491 e. The molecule has 0 saturated carbocycles. The molecular formula is C22H30O2. The highest BCUT2D eigenvalue weighted by Gasteiger charge is 2.23. The third kappa shape index (κ3) is 4.53. The van der Waals surface area contributed by atoms with Crippen LogP contribution in [0.2, 0.25) is 0 Å². The molecule has 0 saturated heterocycles. The molecular weight excluding hydrogens is 296 g/mol. The zero-order chi connectivity index (χ0) is 17.7. The molecule has 0 spiro atoms. The van der Waals surface area contributed by atoms with Crippen LogP contribution in [0.5, 0.6) is 11.5 Å². The molecule has 2 aromatic carbocycles. The quantitative estimate of drug-likeness (QED) is 0.623. The molecule has 0 aliphatic rings. The normalized spacial score (nSPS) is 13.0. The van der Waals surface area contributed by atoms with Crippen LogP contribution in [-0.4, -0.2) is 12.2 Å². The zero-order valence-corrected chi connectivity index (χ0v) is 15.8. The molecule has 2 rings (SSSR count). The molecule has 24 heavy (non-hydrogen) atoms. The maximum absolute atomic E-state index is 5.87. The maximum atomic E-state index is 5.87. The van der Waals surface area contributed by atoms with Gasteiger partial charge in [-0.3, -0.25) is 0 Å². The molecule has 0 aliphatic carbocycles. The van der Waals surface area contributed by atoms with E-state index in [4.69, 9.17) is 9.47 Å². The van der Waals surface area contributed by atoms with E-state index in [9.17, 15) is 0 Å². The Kier molecular flexibility index (Phi) is 5.93. The van der Waals surface area contributed by atoms with Crippen molar-refractivity contribution in [1.29, 1.82) is 0 Å². The molecule has 2 heteroatoms. The van der Waals surface area contributed by atoms with Crippen molar-refractivity contribution in [2.24, 2.45) is 0 Å². The summed E-state index contributed by atoms with van der Waals surface area (Å²) in [7, 11) is 0. The monoisotopic (exact) mass is 326 g/mol. The Balaban J connectivity index is 2.16. The van der Waals surface area contributed by atoms with Crippen LogP contribution >= 0.6 is 0 Å². The van der Waals surface area contributed by atoms with E-state index < -0.39 is 0 Å². The molecule has 130 valence electrons. The number of ether oxygens (including phenoxy) is 2. The lowest BCUT2D eigenvalue weighted by atomic mass is 9.78. The van der Waals surface area contributed by atoms with Gasteiger partial charge in [-0.15, -0.1) is 0 Å². The van der Waals surface area contributed by atoms with Crippen molar-refractivity contribution in [3.63, 3.8) is 0 Å². The summed E-state index contributed by atoms with van der Waals surface area (Å²) in [6.07, 6.45) is 1.46. The van der Waals surface area contributed by atoms with Gasteiger partial charge < -0.3 is 9.47 Å². The zero-order valence-electron chi connectivity index (χ0n) is 15.8. The minimum atomic E-state index is -0.0642. The summed E-state index contributed by atoms with van der Waals surface area (Å²) in [6.45, 7) is 12.8. The summed E-state index contributed by atoms with van der Waals surface area (Å²) in [5.41, 5.74) is 2.48. The molecule has 0 aromatic heterocycles. The van der Waals surface area contributed by atoms with Crippen molar-refractivity contribution >= 4 is 0 Å². The van der Waals surface area contributed by atoms with Crippen LogP contribution in [-0.2, 0) is 5.41 Å². The van der Waals surface area contributed by atoms with Crippen LogP contribution in [0.4, 0.5) is 0 Å². The fraction of sp³-hybridized carbons (Fsp3) is 0.455. The Hall–Kier alpha value is -1.96. The summed E-state index contributed by atoms with van der Waals surface area (Å²) in [6, 6.07) is 16.9. The van der Waals surface area contributed by atoms with Gasteiger partial charge in [-0.2, -0.15) is 0 Å². The van der Waals surface area contributed by atoms with Crippen molar-refractivity contribution in [2.45, 2.75) is 65.6 Å². The van der Waals surface area contributed by atoms with E-state index in [1.54, 1.807) is 0 Å². The predicted molar refractivity (Wildman–Crippen MR) is 101 cm³/mol. The molecule has 0 N–H and O–H groups in total. The van der Waals surface area contributed by atoms with Gasteiger partial charge in [0.25, 0.3) is 0 Å². The lowest BCUT2D eigenvalue weighted by molar-refractivity contribution is 0.217. The second-order valence-electron chi connectivity index (χ2n) is 7.18. The molecule has 0 aliphatic heterocycles. The fourth-order valence-electron chi connectivity index (χ4n) is 2.65. The average Bonchev–Trinajstić information content (AvgIpc) is 2.55. The van der Waals surface area contributed by atoms with Crippen LogP contribution in [0, 0.1) is 0 Å². The molecule has 2 aromatic rings. The van der Waals surface area contributed by atoms with Crippen LogP contribution in [0.3, 0.4) is 0 Å². The Morgan fingerprint density at radius 1 is 0.750 bits per heavy atom. The van der Waals surface area contributed by atoms with E-state index in [1.807, 2.05) is 13.8 Å². The highest BCUT2D eigenvalue weighted by Crippen LogP contribution is 2.33. The summed E-state index contributed by atoms with van der Waals surface area (Å²) in [5, 5.41) is 0. The molecule has 0 radical (unpaired) electrons. The van der Waals surface area contributed by atoms with E-state index in [0.717, 1.165) is 17.9 Å². The molecule has 0 bridgehead atoms. The first kappa shape index (κ1) is 18.4. The predicted octanol–water partition coefficient (Wildman–Crippen LogP) is 5.98. The smallest absolute Gasteiger partial charge is 0.119 e. The van der Waals surface area contributed by atoms with Gasteiger partial charge in [0.2, 0.25) is 0 Å². The number of hydrogen-bond acceptors (Lipinski definition) is 2. The first-order valence-electron chi connectivity index (χ1n) is 8.87. The van der Waals surface area contributed by atoms with Gasteiger partial charge in [0.15, 0.2) is 0 Å². The number of hydrogen-bond donors (Lipinski definition) is 0.